The van der Waals surface area contributed by atoms with Crippen molar-refractivity contribution < 1.29 is 40.6 Å². The van der Waals surface area contributed by atoms with Crippen LogP contribution < -0.4 is 21.7 Å². The van der Waals surface area contributed by atoms with E-state index in [-0.39, 0.29) is 42.3 Å². The molecule has 230 valence electrons. The van der Waals surface area contributed by atoms with Crippen LogP contribution in [-0.4, -0.2) is 89.9 Å². The summed E-state index contributed by atoms with van der Waals surface area (Å²) in [5, 5.41) is 0. The van der Waals surface area contributed by atoms with Crippen LogP contribution in [0.1, 0.15) is 25.3 Å². The van der Waals surface area contributed by atoms with E-state index >= 15 is 0 Å². The molecular weight excluding hydrogens is 617 g/mol. The van der Waals surface area contributed by atoms with E-state index in [1.54, 1.807) is 0 Å². The maximum absolute atomic E-state index is 13.1. The molecule has 4 aromatic heterocycles. The summed E-state index contributed by atoms with van der Waals surface area (Å²) in [6.07, 6.45) is -2.52. The number of H-pyrrole nitrogens is 1. The average molecular weight is 642 g/mol. The van der Waals surface area contributed by atoms with Gasteiger partial charge in [0.1, 0.15) is 36.4 Å². The molecule has 43 heavy (non-hydrogen) atoms. The number of fused-ring (bicyclic) bond motifs is 5. The van der Waals surface area contributed by atoms with Crippen molar-refractivity contribution in [2.45, 2.75) is 49.7 Å². The number of ether oxygens (including phenoxy) is 2. The monoisotopic (exact) mass is 641 g/mol. The van der Waals surface area contributed by atoms with Crippen molar-refractivity contribution in [2.24, 2.45) is 0 Å². The molecule has 2 bridgehead atoms. The number of aromatic amines is 1. The van der Waals surface area contributed by atoms with Gasteiger partial charge in [-0.1, -0.05) is 0 Å². The van der Waals surface area contributed by atoms with Gasteiger partial charge < -0.3 is 25.8 Å². The lowest BCUT2D eigenvalue weighted by Crippen LogP contribution is -2.38. The van der Waals surface area contributed by atoms with Crippen LogP contribution >= 0.6 is 7.82 Å². The van der Waals surface area contributed by atoms with Crippen LogP contribution in [0.15, 0.2) is 23.8 Å². The Bertz CT molecular complexity index is 1930. The van der Waals surface area contributed by atoms with E-state index in [4.69, 9.17) is 34.2 Å². The van der Waals surface area contributed by atoms with Crippen molar-refractivity contribution in [1.29, 1.82) is 0 Å². The van der Waals surface area contributed by atoms with Crippen LogP contribution in [0.3, 0.4) is 0 Å². The number of anilines is 2. The lowest BCUT2D eigenvalue weighted by Gasteiger charge is -2.24. The van der Waals surface area contributed by atoms with E-state index < -0.39 is 67.2 Å². The van der Waals surface area contributed by atoms with Gasteiger partial charge in [-0.25, -0.2) is 24.5 Å². The number of rotatable bonds is 2. The summed E-state index contributed by atoms with van der Waals surface area (Å²) in [7, 11) is -9.20. The second kappa shape index (κ2) is 10.2. The first kappa shape index (κ1) is 28.2. The molecule has 4 aromatic rings. The third-order valence-electron chi connectivity index (χ3n) is 7.16. The lowest BCUT2D eigenvalue weighted by molar-refractivity contribution is -0.0533. The highest BCUT2D eigenvalue weighted by atomic mass is 32.2. The third kappa shape index (κ3) is 5.25. The molecule has 0 radical (unpaired) electrons. The molecule has 0 amide bonds. The Labute approximate surface area is 240 Å². The minimum absolute atomic E-state index is 0.0194. The Morgan fingerprint density at radius 1 is 1.00 bits per heavy atom. The Balaban J connectivity index is 1.17. The third-order valence-corrected chi connectivity index (χ3v) is 9.19. The molecule has 0 aromatic carbocycles. The largest absolute Gasteiger partial charge is 0.472 e. The van der Waals surface area contributed by atoms with Crippen molar-refractivity contribution in [2.75, 3.05) is 24.6 Å². The fraction of sp³-hybridized carbons (Fsp3) is 0.500. The average Bonchev–Trinajstić information content (AvgIpc) is 3.71. The van der Waals surface area contributed by atoms with Gasteiger partial charge in [0.2, 0.25) is 5.95 Å². The number of phosphoric ester groups is 1. The number of imidazole rings is 2. The van der Waals surface area contributed by atoms with Crippen LogP contribution in [0.25, 0.3) is 22.3 Å². The highest BCUT2D eigenvalue weighted by molar-refractivity contribution is 7.84. The minimum atomic E-state index is -4.81. The first-order valence-corrected chi connectivity index (χ1v) is 15.7. The fourth-order valence-electron chi connectivity index (χ4n) is 5.28. The molecule has 1 unspecified atom stereocenters. The van der Waals surface area contributed by atoms with Crippen LogP contribution in [-0.2, 0) is 37.6 Å². The van der Waals surface area contributed by atoms with Crippen molar-refractivity contribution in [3.8, 4) is 0 Å². The highest BCUT2D eigenvalue weighted by Crippen LogP contribution is 2.50. The molecule has 3 aliphatic rings. The molecule has 3 saturated heterocycles. The molecule has 3 aliphatic heterocycles. The maximum atomic E-state index is 13.1. The Hall–Kier alpha value is -3.60. The van der Waals surface area contributed by atoms with Gasteiger partial charge in [-0.05, 0) is 0 Å². The summed E-state index contributed by atoms with van der Waals surface area (Å²) in [5.74, 6) is -0.0579. The molecule has 21 nitrogen and oxygen atoms in total. The summed E-state index contributed by atoms with van der Waals surface area (Å²) < 4.78 is 72.4. The zero-order valence-corrected chi connectivity index (χ0v) is 23.5. The SMILES string of the molecule is Nc1nc2c(ncn2[C@@H]2O[C@@H]3CNS(=O)(=O)O[C@H]4C[C@H](n5cnc6c(N)ncnc65)O[C@@H]4COP(=O)(O)O[C@@H]2C3)c(=O)[nH]1. The van der Waals surface area contributed by atoms with Crippen molar-refractivity contribution in [1.82, 2.24) is 43.8 Å². The second-order valence-electron chi connectivity index (χ2n) is 9.95. The predicted octanol–water partition coefficient (Wildman–Crippen LogP) is -1.57. The van der Waals surface area contributed by atoms with Crippen molar-refractivity contribution in [3.63, 3.8) is 0 Å². The first-order chi connectivity index (χ1) is 20.5. The number of nitrogens with zero attached hydrogens (tertiary/aromatic N) is 7. The lowest BCUT2D eigenvalue weighted by atomic mass is 10.2. The summed E-state index contributed by atoms with van der Waals surface area (Å²) in [6.45, 7) is -0.876. The van der Waals surface area contributed by atoms with Gasteiger partial charge in [0.05, 0.1) is 25.4 Å². The number of phosphoric acid groups is 1. The molecule has 7 atom stereocenters. The van der Waals surface area contributed by atoms with E-state index in [2.05, 4.69) is 34.6 Å². The smallest absolute Gasteiger partial charge is 0.382 e. The number of nitrogens with one attached hydrogen (secondary N) is 2. The van der Waals surface area contributed by atoms with Gasteiger partial charge in [0.25, 0.3) is 5.56 Å². The van der Waals surface area contributed by atoms with Gasteiger partial charge in [-0.15, -0.1) is 0 Å². The van der Waals surface area contributed by atoms with Gasteiger partial charge in [0.15, 0.2) is 28.9 Å². The summed E-state index contributed by atoms with van der Waals surface area (Å²) in [6, 6.07) is 0. The predicted molar refractivity (Wildman–Crippen MR) is 142 cm³/mol. The highest BCUT2D eigenvalue weighted by Gasteiger charge is 2.46. The van der Waals surface area contributed by atoms with Gasteiger partial charge in [-0.3, -0.25) is 32.1 Å². The molecule has 7 rings (SSSR count). The molecule has 23 heteroatoms. The molecule has 0 aliphatic carbocycles. The molecule has 0 saturated carbocycles. The number of nitrogen functional groups attached to an aromatic ring is 2. The molecule has 3 fully saturated rings. The van der Waals surface area contributed by atoms with E-state index in [1.165, 1.54) is 28.1 Å². The Kier molecular flexibility index (Phi) is 6.72. The maximum Gasteiger partial charge on any atom is 0.472 e. The summed E-state index contributed by atoms with van der Waals surface area (Å²) in [4.78, 5) is 45.6. The van der Waals surface area contributed by atoms with Crippen molar-refractivity contribution >= 4 is 52.2 Å². The van der Waals surface area contributed by atoms with E-state index in [0.717, 1.165) is 0 Å². The van der Waals surface area contributed by atoms with Gasteiger partial charge in [-0.2, -0.15) is 18.1 Å². The van der Waals surface area contributed by atoms with Crippen LogP contribution in [0.4, 0.5) is 11.8 Å². The summed E-state index contributed by atoms with van der Waals surface area (Å²) >= 11 is 0. The van der Waals surface area contributed by atoms with Gasteiger partial charge >= 0.3 is 18.1 Å². The molecule has 7 heterocycles. The second-order valence-corrected chi connectivity index (χ2v) is 12.7. The number of hydrogen-bond donors (Lipinski definition) is 5. The standard InChI is InChI=1S/C20H24N11O10PS/c21-15-13-16(24-5-23-15)30(6-25-13)12-2-9-11(39-12)4-37-42(33,34)40-10-1-8(3-27-43(35,36)41-9)38-19(10)31-7-26-14-17(31)28-20(22)29-18(14)32/h5-12,19,27H,1-4H2,(H,33,34)(H2,21,23,24)(H3,22,28,29,32)/t8-,9-,10+,11+,12+,19+/m0/s1. The minimum Gasteiger partial charge on any atom is -0.382 e. The fourth-order valence-corrected chi connectivity index (χ4v) is 7.20. The zero-order valence-electron chi connectivity index (χ0n) is 21.8. The Morgan fingerprint density at radius 3 is 2.63 bits per heavy atom. The Morgan fingerprint density at radius 2 is 1.79 bits per heavy atom. The summed E-state index contributed by atoms with van der Waals surface area (Å²) in [5.41, 5.74) is 11.5. The van der Waals surface area contributed by atoms with Crippen LogP contribution in [0, 0.1) is 0 Å². The number of hydrogen-bond acceptors (Lipinski definition) is 16. The number of nitrogens with two attached hydrogens (primary N) is 2. The quantitative estimate of drug-likeness (QED) is 0.155. The number of aromatic nitrogens is 8. The molecular formula is C20H24N11O10PS. The molecule has 7 N–H and O–H groups in total. The zero-order chi connectivity index (χ0) is 30.1. The van der Waals surface area contributed by atoms with Crippen LogP contribution in [0.2, 0.25) is 0 Å². The normalized spacial score (nSPS) is 33.1. The topological polar surface area (TPSA) is 289 Å². The van der Waals surface area contributed by atoms with E-state index in [9.17, 15) is 22.7 Å². The van der Waals surface area contributed by atoms with Gasteiger partial charge in [0, 0.05) is 19.4 Å². The van der Waals surface area contributed by atoms with E-state index in [1.807, 2.05) is 0 Å². The van der Waals surface area contributed by atoms with E-state index in [0.29, 0.717) is 11.2 Å². The van der Waals surface area contributed by atoms with Crippen LogP contribution in [0.5, 0.6) is 0 Å². The van der Waals surface area contributed by atoms with Crippen molar-refractivity contribution in [3.05, 3.63) is 29.3 Å². The first-order valence-electron chi connectivity index (χ1n) is 12.8. The molecule has 0 spiro atoms.